The molecule has 4 heteroatoms. The standard InChI is InChI=1S/C22H26O4/c1-12-8-18-16(15-5-4-14(24)10-17(12)15)6-7-21(3)19(18)9-13(2)22(21,26)20(25)11-23/h4-5,8,10,13,19,23-24,26H,6-7,9,11H2,1-3H3/t13-,19-,21-,22-/m0/s1. The number of phenols is 1. The van der Waals surface area contributed by atoms with Gasteiger partial charge in [0.2, 0.25) is 0 Å². The molecule has 0 aromatic heterocycles. The third-order valence-electron chi connectivity index (χ3n) is 7.25. The molecular weight excluding hydrogens is 328 g/mol. The Hall–Kier alpha value is -1.91. The van der Waals surface area contributed by atoms with Gasteiger partial charge in [0.05, 0.1) is 0 Å². The summed E-state index contributed by atoms with van der Waals surface area (Å²) in [5.41, 5.74) is 1.51. The molecule has 138 valence electrons. The van der Waals surface area contributed by atoms with Crippen molar-refractivity contribution in [2.75, 3.05) is 6.61 Å². The largest absolute Gasteiger partial charge is 0.508 e. The van der Waals surface area contributed by atoms with Crippen molar-refractivity contribution in [3.63, 3.8) is 0 Å². The summed E-state index contributed by atoms with van der Waals surface area (Å²) in [6, 6.07) is 7.67. The molecule has 0 bridgehead atoms. The fourth-order valence-corrected chi connectivity index (χ4v) is 5.81. The van der Waals surface area contributed by atoms with Crippen LogP contribution in [0.1, 0.15) is 49.3 Å². The molecule has 4 nitrogen and oxygen atoms in total. The number of aromatic hydroxyl groups is 1. The predicted octanol–water partition coefficient (Wildman–Crippen LogP) is 3.22. The van der Waals surface area contributed by atoms with E-state index in [1.165, 1.54) is 11.1 Å². The van der Waals surface area contributed by atoms with Gasteiger partial charge in [-0.25, -0.2) is 0 Å². The lowest BCUT2D eigenvalue weighted by Crippen LogP contribution is -2.56. The summed E-state index contributed by atoms with van der Waals surface area (Å²) in [7, 11) is 0. The van der Waals surface area contributed by atoms with Crippen molar-refractivity contribution in [2.24, 2.45) is 11.3 Å². The number of benzene rings is 2. The summed E-state index contributed by atoms with van der Waals surface area (Å²) in [5, 5.41) is 32.9. The van der Waals surface area contributed by atoms with Crippen molar-refractivity contribution < 1.29 is 20.1 Å². The Kier molecular flexibility index (Phi) is 3.73. The summed E-state index contributed by atoms with van der Waals surface area (Å²) in [6.45, 7) is 5.35. The topological polar surface area (TPSA) is 77.8 Å². The molecular formula is C22H26O4. The summed E-state index contributed by atoms with van der Waals surface area (Å²) in [6.07, 6.45) is 2.21. The van der Waals surface area contributed by atoms with Gasteiger partial charge in [0.15, 0.2) is 5.78 Å². The Bertz CT molecular complexity index is 918. The van der Waals surface area contributed by atoms with Crippen LogP contribution in [0.5, 0.6) is 5.75 Å². The number of phenolic OH excluding ortho intramolecular Hbond substituents is 1. The SMILES string of the molecule is Cc1cc2c(c3ccc(O)cc13)CC[C@@]1(C)[C@H]2C[C@H](C)[C@]1(O)C(=O)CO. The molecule has 0 unspecified atom stereocenters. The highest BCUT2D eigenvalue weighted by Crippen LogP contribution is 2.63. The van der Waals surface area contributed by atoms with Crippen molar-refractivity contribution in [2.45, 2.75) is 51.6 Å². The predicted molar refractivity (Wildman–Crippen MR) is 100 cm³/mol. The van der Waals surface area contributed by atoms with Crippen LogP contribution in [0, 0.1) is 18.3 Å². The van der Waals surface area contributed by atoms with Crippen LogP contribution in [0.4, 0.5) is 0 Å². The van der Waals surface area contributed by atoms with E-state index in [9.17, 15) is 20.1 Å². The molecule has 4 atom stereocenters. The van der Waals surface area contributed by atoms with Gasteiger partial charge in [-0.3, -0.25) is 4.79 Å². The van der Waals surface area contributed by atoms with Crippen LogP contribution >= 0.6 is 0 Å². The van der Waals surface area contributed by atoms with Gasteiger partial charge in [0.1, 0.15) is 18.0 Å². The number of carbonyl (C=O) groups is 1. The number of aryl methyl sites for hydroxylation is 2. The van der Waals surface area contributed by atoms with Crippen LogP contribution in [0.3, 0.4) is 0 Å². The molecule has 0 spiro atoms. The second-order valence-electron chi connectivity index (χ2n) is 8.45. The van der Waals surface area contributed by atoms with E-state index >= 15 is 0 Å². The zero-order chi connectivity index (χ0) is 18.9. The van der Waals surface area contributed by atoms with E-state index < -0.39 is 23.4 Å². The molecule has 2 aromatic rings. The van der Waals surface area contributed by atoms with Crippen LogP contribution in [0.2, 0.25) is 0 Å². The zero-order valence-electron chi connectivity index (χ0n) is 15.5. The Morgan fingerprint density at radius 1 is 1.27 bits per heavy atom. The third-order valence-corrected chi connectivity index (χ3v) is 7.25. The lowest BCUT2D eigenvalue weighted by atomic mass is 9.59. The minimum Gasteiger partial charge on any atom is -0.508 e. The molecule has 26 heavy (non-hydrogen) atoms. The number of aliphatic hydroxyl groups excluding tert-OH is 1. The molecule has 2 aliphatic carbocycles. The van der Waals surface area contributed by atoms with Crippen LogP contribution in [0.25, 0.3) is 10.8 Å². The van der Waals surface area contributed by atoms with Gasteiger partial charge in [-0.15, -0.1) is 0 Å². The number of fused-ring (bicyclic) bond motifs is 5. The van der Waals surface area contributed by atoms with Gasteiger partial charge in [-0.1, -0.05) is 26.0 Å². The fraction of sp³-hybridized carbons (Fsp3) is 0.500. The first-order valence-corrected chi connectivity index (χ1v) is 9.35. The number of ketones is 1. The van der Waals surface area contributed by atoms with Crippen molar-refractivity contribution in [3.05, 3.63) is 41.0 Å². The van der Waals surface area contributed by atoms with Gasteiger partial charge >= 0.3 is 0 Å². The Morgan fingerprint density at radius 3 is 2.69 bits per heavy atom. The minimum atomic E-state index is -1.48. The maximum atomic E-state index is 12.5. The number of rotatable bonds is 2. The van der Waals surface area contributed by atoms with Crippen LogP contribution in [-0.4, -0.2) is 33.3 Å². The van der Waals surface area contributed by atoms with Gasteiger partial charge in [0, 0.05) is 5.41 Å². The molecule has 0 radical (unpaired) electrons. The Labute approximate surface area is 153 Å². The fourth-order valence-electron chi connectivity index (χ4n) is 5.81. The van der Waals surface area contributed by atoms with Crippen LogP contribution in [-0.2, 0) is 11.2 Å². The van der Waals surface area contributed by atoms with Gasteiger partial charge < -0.3 is 15.3 Å². The van der Waals surface area contributed by atoms with Crippen LogP contribution in [0.15, 0.2) is 24.3 Å². The molecule has 2 aromatic carbocycles. The van der Waals surface area contributed by atoms with E-state index in [4.69, 9.17) is 0 Å². The molecule has 0 saturated heterocycles. The summed E-state index contributed by atoms with van der Waals surface area (Å²) < 4.78 is 0. The average molecular weight is 354 g/mol. The third kappa shape index (κ3) is 2.00. The Morgan fingerprint density at radius 2 is 2.00 bits per heavy atom. The van der Waals surface area contributed by atoms with Gasteiger partial charge in [-0.05, 0) is 77.6 Å². The van der Waals surface area contributed by atoms with E-state index in [1.807, 2.05) is 32.9 Å². The molecule has 4 rings (SSSR count). The number of carbonyl (C=O) groups excluding carboxylic acids is 1. The second kappa shape index (κ2) is 5.54. The van der Waals surface area contributed by atoms with E-state index in [-0.39, 0.29) is 17.6 Å². The normalized spacial score (nSPS) is 33.1. The number of Topliss-reactive ketones (excluding diaryl/α,β-unsaturated/α-hetero) is 1. The van der Waals surface area contributed by atoms with Crippen LogP contribution < -0.4 is 0 Å². The molecule has 0 aliphatic heterocycles. The van der Waals surface area contributed by atoms with Crippen molar-refractivity contribution in [1.29, 1.82) is 0 Å². The average Bonchev–Trinajstić information content (AvgIpc) is 2.83. The van der Waals surface area contributed by atoms with Crippen molar-refractivity contribution in [3.8, 4) is 5.75 Å². The highest BCUT2D eigenvalue weighted by atomic mass is 16.3. The van der Waals surface area contributed by atoms with Gasteiger partial charge in [-0.2, -0.15) is 0 Å². The molecule has 1 saturated carbocycles. The molecule has 0 amide bonds. The van der Waals surface area contributed by atoms with E-state index in [0.717, 1.165) is 29.2 Å². The number of hydrogen-bond acceptors (Lipinski definition) is 4. The monoisotopic (exact) mass is 354 g/mol. The lowest BCUT2D eigenvalue weighted by Gasteiger charge is -2.46. The van der Waals surface area contributed by atoms with E-state index in [2.05, 4.69) is 6.07 Å². The molecule has 2 aliphatic rings. The molecule has 0 heterocycles. The zero-order valence-corrected chi connectivity index (χ0v) is 15.5. The smallest absolute Gasteiger partial charge is 0.190 e. The lowest BCUT2D eigenvalue weighted by molar-refractivity contribution is -0.159. The number of hydrogen-bond donors (Lipinski definition) is 3. The maximum Gasteiger partial charge on any atom is 0.190 e. The molecule has 1 fully saturated rings. The minimum absolute atomic E-state index is 0.0821. The highest BCUT2D eigenvalue weighted by Gasteiger charge is 2.65. The quantitative estimate of drug-likeness (QED) is 0.774. The van der Waals surface area contributed by atoms with Gasteiger partial charge in [0.25, 0.3) is 0 Å². The first-order chi connectivity index (χ1) is 12.2. The van der Waals surface area contributed by atoms with E-state index in [1.54, 1.807) is 6.07 Å². The highest BCUT2D eigenvalue weighted by molar-refractivity contribution is 5.93. The first kappa shape index (κ1) is 17.5. The summed E-state index contributed by atoms with van der Waals surface area (Å²) in [4.78, 5) is 12.5. The second-order valence-corrected chi connectivity index (χ2v) is 8.45. The molecule has 3 N–H and O–H groups in total. The first-order valence-electron chi connectivity index (χ1n) is 9.35. The Balaban J connectivity index is 1.93. The van der Waals surface area contributed by atoms with E-state index in [0.29, 0.717) is 6.42 Å². The van der Waals surface area contributed by atoms with Crippen molar-refractivity contribution in [1.82, 2.24) is 0 Å². The summed E-state index contributed by atoms with van der Waals surface area (Å²) >= 11 is 0. The summed E-state index contributed by atoms with van der Waals surface area (Å²) in [5.74, 6) is -0.308. The maximum absolute atomic E-state index is 12.5. The number of aliphatic hydroxyl groups is 2. The van der Waals surface area contributed by atoms with Crippen molar-refractivity contribution >= 4 is 16.6 Å².